The largest absolute Gasteiger partial charge is 0.309 e. The van der Waals surface area contributed by atoms with E-state index in [4.69, 9.17) is 0 Å². The Labute approximate surface area is 204 Å². The first-order chi connectivity index (χ1) is 17.4. The normalized spacial score (nSPS) is 15.1. The Hall–Kier alpha value is -4.21. The molecule has 0 atom stereocenters. The van der Waals surface area contributed by atoms with Crippen LogP contribution in [0.3, 0.4) is 0 Å². The van der Waals surface area contributed by atoms with Gasteiger partial charge in [-0.25, -0.2) is 0 Å². The number of nitrogens with zero attached hydrogens (tertiary/aromatic N) is 3. The molecule has 3 aliphatic heterocycles. The van der Waals surface area contributed by atoms with Gasteiger partial charge in [0.25, 0.3) is 0 Å². The fourth-order valence-electron chi connectivity index (χ4n) is 6.96. The number of benzene rings is 5. The third-order valence-electron chi connectivity index (χ3n) is 8.16. The molecule has 0 spiro atoms. The van der Waals surface area contributed by atoms with Gasteiger partial charge in [0.15, 0.2) is 0 Å². The molecule has 4 heterocycles. The second-order valence-corrected chi connectivity index (χ2v) is 9.77. The molecule has 0 saturated heterocycles. The van der Waals surface area contributed by atoms with Crippen molar-refractivity contribution in [3.05, 3.63) is 115 Å². The molecule has 1 aromatic heterocycles. The van der Waals surface area contributed by atoms with Crippen LogP contribution in [0.5, 0.6) is 0 Å². The topological polar surface area (TPSA) is 11.4 Å². The van der Waals surface area contributed by atoms with Crippen LogP contribution in [0.1, 0.15) is 0 Å². The van der Waals surface area contributed by atoms with E-state index >= 15 is 0 Å². The first-order valence-corrected chi connectivity index (χ1v) is 12.3. The molecule has 0 bridgehead atoms. The molecule has 0 amide bonds. The molecule has 0 N–H and O–H groups in total. The standard InChI is InChI=1S/C30H19B2N3/c1-2-10-20(11-3-1)33-27-18-8-14-23-29(27)30-24(15-9-19-28(30)33)32-22-13-5-7-17-26(22)34-25-16-6-4-12-21(25)31(23)35(32)34/h1-19H. The summed E-state index contributed by atoms with van der Waals surface area (Å²) in [4.78, 5) is 2.63. The van der Waals surface area contributed by atoms with Crippen molar-refractivity contribution in [2.24, 2.45) is 0 Å². The molecular weight excluding hydrogens is 424 g/mol. The van der Waals surface area contributed by atoms with Gasteiger partial charge in [0.1, 0.15) is 0 Å². The number of hydrazine groups is 1. The van der Waals surface area contributed by atoms with Gasteiger partial charge in [0, 0.05) is 16.5 Å². The minimum Gasteiger partial charge on any atom is -0.309 e. The molecule has 0 aliphatic carbocycles. The van der Waals surface area contributed by atoms with Crippen molar-refractivity contribution in [1.29, 1.82) is 0 Å². The summed E-state index contributed by atoms with van der Waals surface area (Å²) in [6, 6.07) is 42.4. The highest BCUT2D eigenvalue weighted by molar-refractivity contribution is 7.03. The van der Waals surface area contributed by atoms with Crippen LogP contribution in [0.15, 0.2) is 115 Å². The lowest BCUT2D eigenvalue weighted by Gasteiger charge is -2.30. The average Bonchev–Trinajstić information content (AvgIpc) is 3.51. The van der Waals surface area contributed by atoms with E-state index in [1.165, 1.54) is 60.7 Å². The first kappa shape index (κ1) is 18.2. The van der Waals surface area contributed by atoms with Crippen LogP contribution in [0.4, 0.5) is 11.4 Å². The SMILES string of the molecule is c1ccc(-n2c3cccc4c3c3c(cccc32)B2c3ccccc3N3c5ccccc5B4N23)cc1. The number of fused-ring (bicyclic) bond motifs is 8. The fraction of sp³-hybridized carbons (Fsp3) is 0. The molecule has 0 unspecified atom stereocenters. The first-order valence-electron chi connectivity index (χ1n) is 12.3. The summed E-state index contributed by atoms with van der Waals surface area (Å²) < 4.78 is 2.45. The van der Waals surface area contributed by atoms with Crippen molar-refractivity contribution >= 4 is 68.7 Å². The van der Waals surface area contributed by atoms with Gasteiger partial charge >= 0.3 is 13.7 Å². The van der Waals surface area contributed by atoms with Gasteiger partial charge in [-0.1, -0.05) is 78.9 Å². The lowest BCUT2D eigenvalue weighted by Crippen LogP contribution is -2.63. The minimum absolute atomic E-state index is 0.162. The summed E-state index contributed by atoms with van der Waals surface area (Å²) >= 11 is 0. The number of para-hydroxylation sites is 3. The van der Waals surface area contributed by atoms with Crippen LogP contribution in [0.25, 0.3) is 27.5 Å². The molecule has 0 saturated carbocycles. The monoisotopic (exact) mass is 443 g/mol. The van der Waals surface area contributed by atoms with Crippen LogP contribution < -0.4 is 26.9 Å². The maximum Gasteiger partial charge on any atom is 0.303 e. The zero-order valence-corrected chi connectivity index (χ0v) is 19.0. The van der Waals surface area contributed by atoms with Crippen LogP contribution in [-0.2, 0) is 0 Å². The quantitative estimate of drug-likeness (QED) is 0.360. The van der Waals surface area contributed by atoms with Gasteiger partial charge in [-0.3, -0.25) is 9.84 Å². The smallest absolute Gasteiger partial charge is 0.303 e. The van der Waals surface area contributed by atoms with E-state index in [1.807, 2.05) is 0 Å². The molecule has 3 nitrogen and oxygen atoms in total. The van der Waals surface area contributed by atoms with Crippen LogP contribution in [-0.4, -0.2) is 23.1 Å². The molecular formula is C30H19B2N3. The van der Waals surface area contributed by atoms with Crippen molar-refractivity contribution in [3.8, 4) is 5.69 Å². The predicted octanol–water partition coefficient (Wildman–Crippen LogP) is 3.69. The molecule has 0 radical (unpaired) electrons. The van der Waals surface area contributed by atoms with E-state index in [-0.39, 0.29) is 13.7 Å². The summed E-state index contributed by atoms with van der Waals surface area (Å²) in [5.74, 6) is 0. The highest BCUT2D eigenvalue weighted by Crippen LogP contribution is 2.41. The summed E-state index contributed by atoms with van der Waals surface area (Å²) in [5, 5.41) is 5.25. The second kappa shape index (κ2) is 6.26. The summed E-state index contributed by atoms with van der Waals surface area (Å²) in [6.45, 7) is 0.323. The second-order valence-electron chi connectivity index (χ2n) is 9.77. The van der Waals surface area contributed by atoms with Gasteiger partial charge in [-0.15, -0.1) is 0 Å². The van der Waals surface area contributed by atoms with Crippen molar-refractivity contribution in [3.63, 3.8) is 0 Å². The zero-order valence-electron chi connectivity index (χ0n) is 19.0. The zero-order chi connectivity index (χ0) is 22.7. The Balaban J connectivity index is 1.51. The van der Waals surface area contributed by atoms with Crippen molar-refractivity contribution in [2.45, 2.75) is 0 Å². The summed E-state index contributed by atoms with van der Waals surface area (Å²) in [6.07, 6.45) is 0. The van der Waals surface area contributed by atoms with E-state index in [1.54, 1.807) is 0 Å². The van der Waals surface area contributed by atoms with Crippen LogP contribution in [0.2, 0.25) is 0 Å². The maximum atomic E-state index is 2.63. The molecule has 9 rings (SSSR count). The minimum atomic E-state index is 0.162. The number of anilines is 2. The highest BCUT2D eigenvalue weighted by Gasteiger charge is 2.54. The van der Waals surface area contributed by atoms with Crippen molar-refractivity contribution < 1.29 is 0 Å². The summed E-state index contributed by atoms with van der Waals surface area (Å²) in [5.41, 5.74) is 11.9. The molecule has 5 heteroatoms. The molecule has 5 aromatic carbocycles. The van der Waals surface area contributed by atoms with Gasteiger partial charge in [0.05, 0.1) is 22.4 Å². The number of rotatable bonds is 1. The van der Waals surface area contributed by atoms with Crippen molar-refractivity contribution in [2.75, 3.05) is 5.01 Å². The van der Waals surface area contributed by atoms with E-state index in [2.05, 4.69) is 130 Å². The predicted molar refractivity (Wildman–Crippen MR) is 148 cm³/mol. The van der Waals surface area contributed by atoms with E-state index in [0.29, 0.717) is 0 Å². The molecule has 35 heavy (non-hydrogen) atoms. The maximum absolute atomic E-state index is 2.63. The molecule has 0 fully saturated rings. The number of aromatic nitrogens is 1. The highest BCUT2D eigenvalue weighted by atomic mass is 15.6. The molecule has 6 aromatic rings. The molecule has 160 valence electrons. The Morgan fingerprint density at radius 3 is 1.49 bits per heavy atom. The van der Waals surface area contributed by atoms with Gasteiger partial charge < -0.3 is 4.57 Å². The van der Waals surface area contributed by atoms with E-state index < -0.39 is 0 Å². The Bertz CT molecular complexity index is 1730. The van der Waals surface area contributed by atoms with Gasteiger partial charge in [0.2, 0.25) is 0 Å². The lowest BCUT2D eigenvalue weighted by atomic mass is 9.41. The van der Waals surface area contributed by atoms with Crippen molar-refractivity contribution in [1.82, 2.24) is 9.40 Å². The number of hydrogen-bond donors (Lipinski definition) is 0. The van der Waals surface area contributed by atoms with Gasteiger partial charge in [-0.05, 0) is 58.2 Å². The Morgan fingerprint density at radius 1 is 0.429 bits per heavy atom. The van der Waals surface area contributed by atoms with Crippen LogP contribution >= 0.6 is 0 Å². The Morgan fingerprint density at radius 2 is 0.914 bits per heavy atom. The van der Waals surface area contributed by atoms with Gasteiger partial charge in [-0.2, -0.15) is 0 Å². The van der Waals surface area contributed by atoms with E-state index in [9.17, 15) is 0 Å². The average molecular weight is 443 g/mol. The third kappa shape index (κ3) is 2.06. The van der Waals surface area contributed by atoms with Crippen LogP contribution in [0, 0.1) is 0 Å². The number of hydrogen-bond acceptors (Lipinski definition) is 2. The van der Waals surface area contributed by atoms with E-state index in [0.717, 1.165) is 0 Å². The summed E-state index contributed by atoms with van der Waals surface area (Å²) in [7, 11) is 0. The fourth-order valence-corrected chi connectivity index (χ4v) is 6.96. The lowest BCUT2D eigenvalue weighted by molar-refractivity contribution is 0.721. The molecule has 3 aliphatic rings. The Kier molecular flexibility index (Phi) is 3.25. The third-order valence-corrected chi connectivity index (χ3v) is 8.16.